The van der Waals surface area contributed by atoms with Crippen LogP contribution in [0.5, 0.6) is 0 Å². The average Bonchev–Trinajstić information content (AvgIpc) is 2.65. The lowest BCUT2D eigenvalue weighted by Gasteiger charge is -2.27. The van der Waals surface area contributed by atoms with Crippen LogP contribution in [0.2, 0.25) is 0 Å². The molecule has 1 fully saturated rings. The number of morpholine rings is 1. The van der Waals surface area contributed by atoms with E-state index in [4.69, 9.17) is 4.74 Å². The van der Waals surface area contributed by atoms with Crippen LogP contribution in [-0.4, -0.2) is 47.9 Å². The van der Waals surface area contributed by atoms with Gasteiger partial charge in [0.1, 0.15) is 12.4 Å². The lowest BCUT2D eigenvalue weighted by atomic mass is 10.2. The summed E-state index contributed by atoms with van der Waals surface area (Å²) in [6.07, 6.45) is 0. The van der Waals surface area contributed by atoms with Gasteiger partial charge in [-0.15, -0.1) is 0 Å². The van der Waals surface area contributed by atoms with E-state index in [1.54, 1.807) is 30.3 Å². The van der Waals surface area contributed by atoms with Crippen LogP contribution in [-0.2, 0) is 20.9 Å². The fraction of sp³-hybridized carbons (Fsp3) is 0.333. The topological polar surface area (TPSA) is 106 Å². The molecule has 9 heteroatoms. The second-order valence-corrected chi connectivity index (χ2v) is 6.09. The van der Waals surface area contributed by atoms with Gasteiger partial charge in [-0.05, 0) is 30.3 Å². The average molecular weight is 371 g/mol. The van der Waals surface area contributed by atoms with Crippen molar-refractivity contribution >= 4 is 29.0 Å². The molecule has 0 bridgehead atoms. The molecular formula is C18H21N5O4. The minimum atomic E-state index is -0.365. The molecule has 2 amide bonds. The highest BCUT2D eigenvalue weighted by Crippen LogP contribution is 2.14. The van der Waals surface area contributed by atoms with Crippen LogP contribution in [0.4, 0.5) is 17.2 Å². The molecule has 3 rings (SSSR count). The van der Waals surface area contributed by atoms with Gasteiger partial charge < -0.3 is 20.3 Å². The molecule has 9 nitrogen and oxygen atoms in total. The van der Waals surface area contributed by atoms with E-state index < -0.39 is 0 Å². The molecule has 1 aliphatic rings. The van der Waals surface area contributed by atoms with Gasteiger partial charge in [-0.2, -0.15) is 5.10 Å². The number of nitrogens with zero attached hydrogens (tertiary/aromatic N) is 3. The van der Waals surface area contributed by atoms with Gasteiger partial charge in [0.2, 0.25) is 11.8 Å². The summed E-state index contributed by atoms with van der Waals surface area (Å²) in [4.78, 5) is 37.3. The Bertz CT molecular complexity index is 872. The van der Waals surface area contributed by atoms with E-state index in [1.807, 2.05) is 4.90 Å². The summed E-state index contributed by atoms with van der Waals surface area (Å²) in [6.45, 7) is 3.83. The molecule has 0 radical (unpaired) electrons. The summed E-state index contributed by atoms with van der Waals surface area (Å²) in [5, 5.41) is 9.65. The highest BCUT2D eigenvalue weighted by Gasteiger charge is 2.14. The molecule has 27 heavy (non-hydrogen) atoms. The van der Waals surface area contributed by atoms with Crippen molar-refractivity contribution in [2.24, 2.45) is 0 Å². The number of aromatic nitrogens is 2. The van der Waals surface area contributed by atoms with Gasteiger partial charge >= 0.3 is 0 Å². The molecule has 1 aromatic carbocycles. The Labute approximate surface area is 155 Å². The maximum Gasteiger partial charge on any atom is 0.267 e. The smallest absolute Gasteiger partial charge is 0.267 e. The number of carbonyl (C=O) groups excluding carboxylic acids is 2. The third-order valence-corrected chi connectivity index (χ3v) is 3.97. The van der Waals surface area contributed by atoms with Crippen LogP contribution >= 0.6 is 0 Å². The first-order valence-corrected chi connectivity index (χ1v) is 8.59. The monoisotopic (exact) mass is 371 g/mol. The summed E-state index contributed by atoms with van der Waals surface area (Å²) in [5.74, 6) is 0.110. The summed E-state index contributed by atoms with van der Waals surface area (Å²) >= 11 is 0. The zero-order valence-electron chi connectivity index (χ0n) is 15.0. The highest BCUT2D eigenvalue weighted by molar-refractivity contribution is 5.92. The molecule has 142 valence electrons. The zero-order chi connectivity index (χ0) is 19.2. The zero-order valence-corrected chi connectivity index (χ0v) is 15.0. The molecule has 0 unspecified atom stereocenters. The van der Waals surface area contributed by atoms with E-state index in [1.165, 1.54) is 13.0 Å². The second kappa shape index (κ2) is 8.45. The summed E-state index contributed by atoms with van der Waals surface area (Å²) in [6, 6.07) is 9.77. The predicted octanol–water partition coefficient (Wildman–Crippen LogP) is 0.677. The van der Waals surface area contributed by atoms with Crippen LogP contribution < -0.4 is 21.1 Å². The quantitative estimate of drug-likeness (QED) is 0.801. The van der Waals surface area contributed by atoms with Gasteiger partial charge in [0.25, 0.3) is 5.56 Å². The fourth-order valence-electron chi connectivity index (χ4n) is 2.69. The van der Waals surface area contributed by atoms with Crippen molar-refractivity contribution in [2.75, 3.05) is 41.8 Å². The number of hydrogen-bond acceptors (Lipinski definition) is 6. The van der Waals surface area contributed by atoms with Crippen molar-refractivity contribution in [1.29, 1.82) is 0 Å². The third-order valence-electron chi connectivity index (χ3n) is 3.97. The van der Waals surface area contributed by atoms with Gasteiger partial charge in [0, 0.05) is 37.5 Å². The van der Waals surface area contributed by atoms with Gasteiger partial charge in [0.15, 0.2) is 0 Å². The van der Waals surface area contributed by atoms with Crippen molar-refractivity contribution in [3.63, 3.8) is 0 Å². The molecule has 0 spiro atoms. The van der Waals surface area contributed by atoms with E-state index in [0.717, 1.165) is 4.68 Å². The Kier molecular flexibility index (Phi) is 5.82. The van der Waals surface area contributed by atoms with Crippen LogP contribution in [0.3, 0.4) is 0 Å². The Hall–Kier alpha value is -3.20. The van der Waals surface area contributed by atoms with E-state index in [-0.39, 0.29) is 23.9 Å². The standard InChI is InChI=1S/C18H21N5O4/c1-13(24)19-14-2-4-15(5-3-14)20-17(25)12-23-18(26)7-6-16(21-23)22-8-10-27-11-9-22/h2-7H,8-12H2,1H3,(H,19,24)(H,20,25). The van der Waals surface area contributed by atoms with E-state index in [2.05, 4.69) is 15.7 Å². The number of nitrogens with one attached hydrogen (secondary N) is 2. The Morgan fingerprint density at radius 3 is 2.30 bits per heavy atom. The molecule has 0 atom stereocenters. The Morgan fingerprint density at radius 1 is 1.04 bits per heavy atom. The second-order valence-electron chi connectivity index (χ2n) is 6.09. The molecule has 2 heterocycles. The van der Waals surface area contributed by atoms with E-state index in [0.29, 0.717) is 43.5 Å². The fourth-order valence-corrected chi connectivity index (χ4v) is 2.69. The first kappa shape index (κ1) is 18.6. The number of rotatable bonds is 5. The Balaban J connectivity index is 1.64. The van der Waals surface area contributed by atoms with Crippen LogP contribution in [0, 0.1) is 0 Å². The molecule has 2 N–H and O–H groups in total. The van der Waals surface area contributed by atoms with Gasteiger partial charge in [-0.1, -0.05) is 0 Å². The minimum absolute atomic E-state index is 0.169. The van der Waals surface area contributed by atoms with Crippen molar-refractivity contribution in [3.8, 4) is 0 Å². The van der Waals surface area contributed by atoms with Crippen molar-refractivity contribution in [3.05, 3.63) is 46.8 Å². The number of benzene rings is 1. The molecule has 1 aliphatic heterocycles. The number of carbonyl (C=O) groups is 2. The molecule has 1 saturated heterocycles. The van der Waals surface area contributed by atoms with Gasteiger partial charge in [-0.25, -0.2) is 4.68 Å². The minimum Gasteiger partial charge on any atom is -0.378 e. The van der Waals surface area contributed by atoms with E-state index in [9.17, 15) is 14.4 Å². The van der Waals surface area contributed by atoms with Gasteiger partial charge in [-0.3, -0.25) is 14.4 Å². The predicted molar refractivity (Wildman–Crippen MR) is 101 cm³/mol. The van der Waals surface area contributed by atoms with Gasteiger partial charge in [0.05, 0.1) is 13.2 Å². The van der Waals surface area contributed by atoms with Crippen molar-refractivity contribution in [2.45, 2.75) is 13.5 Å². The van der Waals surface area contributed by atoms with Crippen molar-refractivity contribution < 1.29 is 14.3 Å². The molecule has 1 aromatic heterocycles. The molecule has 0 saturated carbocycles. The molecule has 0 aliphatic carbocycles. The normalized spacial score (nSPS) is 13.9. The Morgan fingerprint density at radius 2 is 1.67 bits per heavy atom. The summed E-state index contributed by atoms with van der Waals surface area (Å²) in [5.41, 5.74) is 0.853. The summed E-state index contributed by atoms with van der Waals surface area (Å²) in [7, 11) is 0. The number of hydrogen-bond donors (Lipinski definition) is 2. The first-order valence-electron chi connectivity index (χ1n) is 8.59. The SMILES string of the molecule is CC(=O)Nc1ccc(NC(=O)Cn2nc(N3CCOCC3)ccc2=O)cc1. The largest absolute Gasteiger partial charge is 0.378 e. The summed E-state index contributed by atoms with van der Waals surface area (Å²) < 4.78 is 6.46. The van der Waals surface area contributed by atoms with Crippen LogP contribution in [0.1, 0.15) is 6.92 Å². The van der Waals surface area contributed by atoms with Crippen molar-refractivity contribution in [1.82, 2.24) is 9.78 Å². The van der Waals surface area contributed by atoms with Crippen LogP contribution in [0.15, 0.2) is 41.2 Å². The number of anilines is 3. The molecule has 2 aromatic rings. The maximum absolute atomic E-state index is 12.3. The highest BCUT2D eigenvalue weighted by atomic mass is 16.5. The number of amides is 2. The first-order chi connectivity index (χ1) is 13.0. The maximum atomic E-state index is 12.3. The molecular weight excluding hydrogens is 350 g/mol. The lowest BCUT2D eigenvalue weighted by molar-refractivity contribution is -0.117. The lowest BCUT2D eigenvalue weighted by Crippen LogP contribution is -2.38. The number of ether oxygens (including phenoxy) is 1. The van der Waals surface area contributed by atoms with Crippen LogP contribution in [0.25, 0.3) is 0 Å². The van der Waals surface area contributed by atoms with E-state index >= 15 is 0 Å². The third kappa shape index (κ3) is 5.14.